The summed E-state index contributed by atoms with van der Waals surface area (Å²) in [6.07, 6.45) is 3.60. The molecular formula is C20H16N2O2. The SMILES string of the molecule is Cc1ccnc(NC(=O)Cc2coc3ccc4ccccc4c23)c1. The molecule has 4 heteroatoms. The van der Waals surface area contributed by atoms with Crippen molar-refractivity contribution in [2.75, 3.05) is 5.32 Å². The molecule has 2 heterocycles. The lowest BCUT2D eigenvalue weighted by atomic mass is 10.0. The third kappa shape index (κ3) is 2.63. The molecule has 1 amide bonds. The molecule has 118 valence electrons. The number of hydrogen-bond acceptors (Lipinski definition) is 3. The van der Waals surface area contributed by atoms with Crippen LogP contribution in [0.4, 0.5) is 5.82 Å². The Balaban J connectivity index is 1.67. The van der Waals surface area contributed by atoms with Crippen LogP contribution in [0.15, 0.2) is 65.4 Å². The second-order valence-corrected chi connectivity index (χ2v) is 5.86. The van der Waals surface area contributed by atoms with Crippen LogP contribution < -0.4 is 5.32 Å². The highest BCUT2D eigenvalue weighted by Crippen LogP contribution is 2.30. The summed E-state index contributed by atoms with van der Waals surface area (Å²) in [7, 11) is 0. The minimum Gasteiger partial charge on any atom is -0.464 e. The number of aryl methyl sites for hydroxylation is 1. The molecule has 4 rings (SSSR count). The zero-order valence-electron chi connectivity index (χ0n) is 13.2. The molecule has 4 aromatic rings. The Hall–Kier alpha value is -3.14. The summed E-state index contributed by atoms with van der Waals surface area (Å²) >= 11 is 0. The fourth-order valence-electron chi connectivity index (χ4n) is 2.97. The monoisotopic (exact) mass is 316 g/mol. The fourth-order valence-corrected chi connectivity index (χ4v) is 2.97. The van der Waals surface area contributed by atoms with Gasteiger partial charge in [-0.15, -0.1) is 0 Å². The number of benzene rings is 2. The molecule has 2 aromatic carbocycles. The third-order valence-corrected chi connectivity index (χ3v) is 4.07. The standard InChI is InChI=1S/C20H16N2O2/c1-13-8-9-21-18(10-13)22-19(23)11-15-12-24-17-7-6-14-4-2-3-5-16(14)20(15)17/h2-10,12H,11H2,1H3,(H,21,22,23). The Morgan fingerprint density at radius 1 is 1.17 bits per heavy atom. The summed E-state index contributed by atoms with van der Waals surface area (Å²) in [5, 5.41) is 6.07. The van der Waals surface area contributed by atoms with Gasteiger partial charge in [0.15, 0.2) is 0 Å². The van der Waals surface area contributed by atoms with Crippen LogP contribution in [0.3, 0.4) is 0 Å². The van der Waals surface area contributed by atoms with E-state index in [1.807, 2.05) is 43.3 Å². The molecule has 0 saturated carbocycles. The molecule has 0 aliphatic rings. The van der Waals surface area contributed by atoms with E-state index in [2.05, 4.69) is 22.4 Å². The van der Waals surface area contributed by atoms with E-state index in [1.165, 1.54) is 0 Å². The van der Waals surface area contributed by atoms with E-state index < -0.39 is 0 Å². The molecule has 0 atom stereocenters. The van der Waals surface area contributed by atoms with E-state index in [9.17, 15) is 4.79 Å². The van der Waals surface area contributed by atoms with Crippen molar-refractivity contribution in [3.8, 4) is 0 Å². The van der Waals surface area contributed by atoms with Crippen molar-refractivity contribution in [1.29, 1.82) is 0 Å². The van der Waals surface area contributed by atoms with E-state index in [0.29, 0.717) is 5.82 Å². The number of furan rings is 1. The van der Waals surface area contributed by atoms with Crippen molar-refractivity contribution >= 4 is 33.5 Å². The van der Waals surface area contributed by atoms with Crippen LogP contribution in [0.5, 0.6) is 0 Å². The van der Waals surface area contributed by atoms with Gasteiger partial charge in [-0.05, 0) is 41.5 Å². The topological polar surface area (TPSA) is 55.1 Å². The van der Waals surface area contributed by atoms with Gasteiger partial charge in [-0.3, -0.25) is 4.79 Å². The highest BCUT2D eigenvalue weighted by atomic mass is 16.3. The van der Waals surface area contributed by atoms with Crippen molar-refractivity contribution in [3.63, 3.8) is 0 Å². The maximum atomic E-state index is 12.4. The van der Waals surface area contributed by atoms with Crippen molar-refractivity contribution in [1.82, 2.24) is 4.98 Å². The third-order valence-electron chi connectivity index (χ3n) is 4.07. The smallest absolute Gasteiger partial charge is 0.230 e. The zero-order chi connectivity index (χ0) is 16.5. The number of nitrogens with one attached hydrogen (secondary N) is 1. The summed E-state index contributed by atoms with van der Waals surface area (Å²) in [5.41, 5.74) is 2.73. The first-order valence-electron chi connectivity index (χ1n) is 7.81. The van der Waals surface area contributed by atoms with Crippen molar-refractivity contribution in [2.24, 2.45) is 0 Å². The van der Waals surface area contributed by atoms with Crippen LogP contribution in [0.2, 0.25) is 0 Å². The van der Waals surface area contributed by atoms with Gasteiger partial charge in [0.05, 0.1) is 12.7 Å². The number of pyridine rings is 1. The molecule has 0 spiro atoms. The number of hydrogen-bond donors (Lipinski definition) is 1. The Morgan fingerprint density at radius 3 is 2.92 bits per heavy atom. The summed E-state index contributed by atoms with van der Waals surface area (Å²) in [6, 6.07) is 15.8. The number of carbonyl (C=O) groups excluding carboxylic acids is 1. The fraction of sp³-hybridized carbons (Fsp3) is 0.100. The van der Waals surface area contributed by atoms with E-state index in [4.69, 9.17) is 4.42 Å². The van der Waals surface area contributed by atoms with Gasteiger partial charge in [0.2, 0.25) is 5.91 Å². The van der Waals surface area contributed by atoms with Gasteiger partial charge in [-0.25, -0.2) is 4.98 Å². The maximum Gasteiger partial charge on any atom is 0.230 e. The van der Waals surface area contributed by atoms with E-state index in [-0.39, 0.29) is 12.3 Å². The summed E-state index contributed by atoms with van der Waals surface area (Å²) < 4.78 is 5.63. The molecule has 0 aliphatic carbocycles. The van der Waals surface area contributed by atoms with Gasteiger partial charge in [-0.1, -0.05) is 30.3 Å². The van der Waals surface area contributed by atoms with Crippen LogP contribution in [-0.2, 0) is 11.2 Å². The second kappa shape index (κ2) is 5.81. The predicted molar refractivity (Wildman–Crippen MR) is 95.0 cm³/mol. The van der Waals surface area contributed by atoms with E-state index in [1.54, 1.807) is 12.5 Å². The molecule has 0 aliphatic heterocycles. The van der Waals surface area contributed by atoms with Crippen LogP contribution in [-0.4, -0.2) is 10.9 Å². The molecule has 2 aromatic heterocycles. The van der Waals surface area contributed by atoms with Gasteiger partial charge in [0.1, 0.15) is 11.4 Å². The number of fused-ring (bicyclic) bond motifs is 3. The van der Waals surface area contributed by atoms with Gasteiger partial charge in [-0.2, -0.15) is 0 Å². The van der Waals surface area contributed by atoms with Crippen LogP contribution in [0, 0.1) is 6.92 Å². The molecule has 1 N–H and O–H groups in total. The van der Waals surface area contributed by atoms with Crippen molar-refractivity contribution < 1.29 is 9.21 Å². The average molecular weight is 316 g/mol. The summed E-state index contributed by atoms with van der Waals surface area (Å²) in [5.74, 6) is 0.460. The van der Waals surface area contributed by atoms with Gasteiger partial charge >= 0.3 is 0 Å². The minimum absolute atomic E-state index is 0.108. The van der Waals surface area contributed by atoms with E-state index >= 15 is 0 Å². The largest absolute Gasteiger partial charge is 0.464 e. The van der Waals surface area contributed by atoms with Crippen LogP contribution in [0.25, 0.3) is 21.7 Å². The minimum atomic E-state index is -0.108. The molecule has 0 unspecified atom stereocenters. The quantitative estimate of drug-likeness (QED) is 0.606. The first-order chi connectivity index (χ1) is 11.7. The highest BCUT2D eigenvalue weighted by molar-refractivity contribution is 6.08. The summed E-state index contributed by atoms with van der Waals surface area (Å²) in [6.45, 7) is 1.97. The highest BCUT2D eigenvalue weighted by Gasteiger charge is 2.13. The number of aromatic nitrogens is 1. The molecule has 24 heavy (non-hydrogen) atoms. The van der Waals surface area contributed by atoms with Gasteiger partial charge in [0.25, 0.3) is 0 Å². The molecule has 0 bridgehead atoms. The van der Waals surface area contributed by atoms with Gasteiger partial charge in [0, 0.05) is 17.1 Å². The maximum absolute atomic E-state index is 12.4. The molecule has 0 radical (unpaired) electrons. The average Bonchev–Trinajstić information content (AvgIpc) is 2.98. The second-order valence-electron chi connectivity index (χ2n) is 5.86. The molecule has 4 nitrogen and oxygen atoms in total. The molecule has 0 fully saturated rings. The number of amides is 1. The van der Waals surface area contributed by atoms with Crippen molar-refractivity contribution in [2.45, 2.75) is 13.3 Å². The first-order valence-corrected chi connectivity index (χ1v) is 7.81. The van der Waals surface area contributed by atoms with E-state index in [0.717, 1.165) is 32.9 Å². The Morgan fingerprint density at radius 2 is 2.04 bits per heavy atom. The van der Waals surface area contributed by atoms with Crippen LogP contribution in [0.1, 0.15) is 11.1 Å². The Labute approximate surface area is 139 Å². The van der Waals surface area contributed by atoms with Crippen LogP contribution >= 0.6 is 0 Å². The Kier molecular flexibility index (Phi) is 3.50. The van der Waals surface area contributed by atoms with Crippen molar-refractivity contribution in [3.05, 3.63) is 72.1 Å². The lowest BCUT2D eigenvalue weighted by molar-refractivity contribution is -0.115. The normalized spacial score (nSPS) is 11.0. The number of carbonyl (C=O) groups is 1. The zero-order valence-corrected chi connectivity index (χ0v) is 13.2. The predicted octanol–water partition coefficient (Wildman–Crippen LogP) is 4.47. The molecule has 0 saturated heterocycles. The first kappa shape index (κ1) is 14.5. The van der Waals surface area contributed by atoms with Gasteiger partial charge < -0.3 is 9.73 Å². The number of anilines is 1. The number of rotatable bonds is 3. The Bertz CT molecular complexity index is 1050. The number of nitrogens with zero attached hydrogens (tertiary/aromatic N) is 1. The molecular weight excluding hydrogens is 300 g/mol. The summed E-state index contributed by atoms with van der Waals surface area (Å²) in [4.78, 5) is 16.5. The lowest BCUT2D eigenvalue weighted by Crippen LogP contribution is -2.15. The lowest BCUT2D eigenvalue weighted by Gasteiger charge is -2.05.